The lowest BCUT2D eigenvalue weighted by Crippen LogP contribution is -2.60. The van der Waals surface area contributed by atoms with Crippen molar-refractivity contribution in [2.75, 3.05) is 5.75 Å². The first-order valence-electron chi connectivity index (χ1n) is 3.62. The fourth-order valence-corrected chi connectivity index (χ4v) is 2.88. The fraction of sp³-hybridized carbons (Fsp3) is 0.833. The second-order valence-electron chi connectivity index (χ2n) is 3.06. The summed E-state index contributed by atoms with van der Waals surface area (Å²) < 4.78 is 0. The molecule has 0 bridgehead atoms. The smallest absolute Gasteiger partial charge is 0.316 e. The largest absolute Gasteiger partial charge is 0.331 e. The van der Waals surface area contributed by atoms with Crippen LogP contribution in [0.25, 0.3) is 0 Å². The summed E-state index contributed by atoms with van der Waals surface area (Å²) in [5.41, 5.74) is 5.47. The molecule has 4 N–H and O–H groups in total. The zero-order chi connectivity index (χ0) is 8.06. The first-order valence-corrected chi connectivity index (χ1v) is 4.67. The monoisotopic (exact) mass is 173 g/mol. The van der Waals surface area contributed by atoms with E-state index in [1.54, 1.807) is 11.8 Å². The van der Waals surface area contributed by atoms with Crippen molar-refractivity contribution in [2.24, 2.45) is 5.73 Å². The van der Waals surface area contributed by atoms with Crippen LogP contribution in [-0.2, 0) is 0 Å². The Kier molecular flexibility index (Phi) is 1.34. The Morgan fingerprint density at radius 2 is 2.55 bits per heavy atom. The van der Waals surface area contributed by atoms with Gasteiger partial charge in [-0.2, -0.15) is 11.8 Å². The number of hydrogen-bond donors (Lipinski definition) is 3. The van der Waals surface area contributed by atoms with Gasteiger partial charge in [0, 0.05) is 11.0 Å². The summed E-state index contributed by atoms with van der Waals surface area (Å²) in [5, 5.41) is 5.84. The van der Waals surface area contributed by atoms with E-state index in [1.165, 1.54) is 0 Å². The number of hydrogen-bond acceptors (Lipinski definition) is 3. The minimum atomic E-state index is -0.512. The number of urea groups is 1. The summed E-state index contributed by atoms with van der Waals surface area (Å²) >= 11 is 1.79. The van der Waals surface area contributed by atoms with Crippen LogP contribution in [0.15, 0.2) is 0 Å². The highest BCUT2D eigenvalue weighted by Crippen LogP contribution is 2.34. The second kappa shape index (κ2) is 2.04. The Morgan fingerprint density at radius 3 is 3.18 bits per heavy atom. The maximum atomic E-state index is 10.9. The van der Waals surface area contributed by atoms with Crippen LogP contribution in [0.1, 0.15) is 6.92 Å². The summed E-state index contributed by atoms with van der Waals surface area (Å²) in [4.78, 5) is 10.9. The Hall–Kier alpha value is -0.420. The molecule has 5 heteroatoms. The standard InChI is InChI=1S/C6H11N3OS/c1-3-6(7)4(2-11-3)8-5(10)9-6/h3-4H,2,7H2,1H3,(H2,8,9,10)/t3-,4-,6+/m0/s1. The van der Waals surface area contributed by atoms with Gasteiger partial charge in [-0.05, 0) is 6.92 Å². The van der Waals surface area contributed by atoms with Crippen LogP contribution in [0.5, 0.6) is 0 Å². The first kappa shape index (κ1) is 7.24. The molecule has 62 valence electrons. The van der Waals surface area contributed by atoms with Crippen LogP contribution >= 0.6 is 11.8 Å². The van der Waals surface area contributed by atoms with Crippen molar-refractivity contribution in [1.82, 2.24) is 10.6 Å². The van der Waals surface area contributed by atoms with Crippen molar-refractivity contribution >= 4 is 17.8 Å². The number of amides is 2. The lowest BCUT2D eigenvalue weighted by atomic mass is 10.0. The number of rotatable bonds is 0. The van der Waals surface area contributed by atoms with Gasteiger partial charge in [-0.15, -0.1) is 0 Å². The zero-order valence-electron chi connectivity index (χ0n) is 6.26. The normalized spacial score (nSPS) is 48.4. The van der Waals surface area contributed by atoms with Gasteiger partial charge in [0.1, 0.15) is 5.66 Å². The van der Waals surface area contributed by atoms with Crippen LogP contribution in [0.2, 0.25) is 0 Å². The van der Waals surface area contributed by atoms with Crippen molar-refractivity contribution in [2.45, 2.75) is 23.9 Å². The van der Waals surface area contributed by atoms with Gasteiger partial charge in [0.15, 0.2) is 0 Å². The number of carbonyl (C=O) groups is 1. The molecule has 0 aromatic carbocycles. The van der Waals surface area contributed by atoms with E-state index in [0.717, 1.165) is 5.75 Å². The molecule has 2 rings (SSSR count). The van der Waals surface area contributed by atoms with E-state index in [1.807, 2.05) is 6.92 Å². The van der Waals surface area contributed by atoms with Gasteiger partial charge in [0.25, 0.3) is 0 Å². The molecule has 11 heavy (non-hydrogen) atoms. The predicted molar refractivity (Wildman–Crippen MR) is 44.3 cm³/mol. The third-order valence-electron chi connectivity index (χ3n) is 2.40. The molecule has 3 atom stereocenters. The number of carbonyl (C=O) groups excluding carboxylic acids is 1. The molecule has 2 fully saturated rings. The molecule has 4 nitrogen and oxygen atoms in total. The van der Waals surface area contributed by atoms with Gasteiger partial charge in [-0.3, -0.25) is 0 Å². The maximum Gasteiger partial charge on any atom is 0.316 e. The summed E-state index contributed by atoms with van der Waals surface area (Å²) in [6.45, 7) is 2.04. The topological polar surface area (TPSA) is 67.2 Å². The van der Waals surface area contributed by atoms with Gasteiger partial charge in [-0.1, -0.05) is 0 Å². The quantitative estimate of drug-likeness (QED) is 0.431. The molecule has 0 aromatic rings. The Labute approximate surface area is 69.3 Å². The lowest BCUT2D eigenvalue weighted by molar-refractivity contribution is 0.244. The molecule has 0 saturated carbocycles. The second-order valence-corrected chi connectivity index (χ2v) is 4.43. The molecule has 2 aliphatic rings. The van der Waals surface area contributed by atoms with Gasteiger partial charge >= 0.3 is 6.03 Å². The maximum absolute atomic E-state index is 10.9. The van der Waals surface area contributed by atoms with Crippen molar-refractivity contribution in [3.63, 3.8) is 0 Å². The average Bonchev–Trinajstić information content (AvgIpc) is 2.32. The van der Waals surface area contributed by atoms with Crippen LogP contribution in [0.4, 0.5) is 4.79 Å². The Balaban J connectivity index is 2.26. The predicted octanol–water partition coefficient (Wildman–Crippen LogP) is -0.542. The molecule has 2 saturated heterocycles. The van der Waals surface area contributed by atoms with Crippen molar-refractivity contribution in [3.8, 4) is 0 Å². The Bertz CT molecular complexity index is 210. The number of thioether (sulfide) groups is 1. The summed E-state index contributed by atoms with van der Waals surface area (Å²) in [6.07, 6.45) is 0. The van der Waals surface area contributed by atoms with Crippen LogP contribution in [0.3, 0.4) is 0 Å². The molecule has 0 spiro atoms. The Morgan fingerprint density at radius 1 is 1.82 bits per heavy atom. The molecule has 0 aliphatic carbocycles. The van der Waals surface area contributed by atoms with E-state index in [4.69, 9.17) is 5.73 Å². The van der Waals surface area contributed by atoms with Crippen LogP contribution in [0, 0.1) is 0 Å². The minimum Gasteiger partial charge on any atom is -0.331 e. The highest BCUT2D eigenvalue weighted by molar-refractivity contribution is 8.00. The third-order valence-corrected chi connectivity index (χ3v) is 3.81. The first-order chi connectivity index (χ1) is 5.13. The van der Waals surface area contributed by atoms with Gasteiger partial charge in [0.05, 0.1) is 6.04 Å². The van der Waals surface area contributed by atoms with Crippen molar-refractivity contribution in [3.05, 3.63) is 0 Å². The van der Waals surface area contributed by atoms with Crippen molar-refractivity contribution < 1.29 is 4.79 Å². The number of nitrogens with one attached hydrogen (secondary N) is 2. The van der Waals surface area contributed by atoms with E-state index in [9.17, 15) is 4.79 Å². The molecule has 0 unspecified atom stereocenters. The highest BCUT2D eigenvalue weighted by Gasteiger charge is 2.52. The van der Waals surface area contributed by atoms with E-state index in [0.29, 0.717) is 5.25 Å². The fourth-order valence-electron chi connectivity index (χ4n) is 1.54. The van der Waals surface area contributed by atoms with Crippen molar-refractivity contribution in [1.29, 1.82) is 0 Å². The molecular weight excluding hydrogens is 162 g/mol. The lowest BCUT2D eigenvalue weighted by Gasteiger charge is -2.25. The van der Waals surface area contributed by atoms with E-state index in [-0.39, 0.29) is 12.1 Å². The molecular formula is C6H11N3OS. The SMILES string of the molecule is C[C@@H]1SC[C@@H]2NC(=O)N[C@@]21N. The molecule has 2 amide bonds. The van der Waals surface area contributed by atoms with Gasteiger partial charge in [-0.25, -0.2) is 4.79 Å². The van der Waals surface area contributed by atoms with E-state index in [2.05, 4.69) is 10.6 Å². The third kappa shape index (κ3) is 0.841. The van der Waals surface area contributed by atoms with Crippen LogP contribution < -0.4 is 16.4 Å². The molecule has 0 aromatic heterocycles. The minimum absolute atomic E-state index is 0.106. The van der Waals surface area contributed by atoms with E-state index >= 15 is 0 Å². The summed E-state index contributed by atoms with van der Waals surface area (Å²) in [7, 11) is 0. The van der Waals surface area contributed by atoms with E-state index < -0.39 is 5.66 Å². The number of fused-ring (bicyclic) bond motifs is 1. The molecule has 0 radical (unpaired) electrons. The summed E-state index contributed by atoms with van der Waals surface area (Å²) in [5.74, 6) is 0.913. The van der Waals surface area contributed by atoms with Gasteiger partial charge in [0.2, 0.25) is 0 Å². The molecule has 2 aliphatic heterocycles. The number of nitrogens with two attached hydrogens (primary N) is 1. The average molecular weight is 173 g/mol. The van der Waals surface area contributed by atoms with Crippen LogP contribution in [-0.4, -0.2) is 28.7 Å². The summed E-state index contributed by atoms with van der Waals surface area (Å²) in [6, 6.07) is -0.0281. The highest BCUT2D eigenvalue weighted by atomic mass is 32.2. The van der Waals surface area contributed by atoms with Gasteiger partial charge < -0.3 is 16.4 Å². The molecule has 2 heterocycles. The zero-order valence-corrected chi connectivity index (χ0v) is 7.07.